The Hall–Kier alpha value is -1.15. The third-order valence-corrected chi connectivity index (χ3v) is 5.98. The number of halogens is 1. The third kappa shape index (κ3) is 4.92. The van der Waals surface area contributed by atoms with E-state index in [1.807, 2.05) is 6.92 Å². The average molecular weight is 376 g/mol. The van der Waals surface area contributed by atoms with Crippen molar-refractivity contribution < 1.29 is 13.2 Å². The lowest BCUT2D eigenvalue weighted by atomic mass is 10.1. The molecule has 1 aromatic carbocycles. The minimum absolute atomic E-state index is 0. The number of benzene rings is 1. The largest absolute Gasteiger partial charge is 0.340 e. The number of nitrogens with zero attached hydrogens (tertiary/aromatic N) is 2. The highest BCUT2D eigenvalue weighted by Gasteiger charge is 2.29. The highest BCUT2D eigenvalue weighted by molar-refractivity contribution is 7.89. The molecular weight excluding hydrogens is 350 g/mol. The van der Waals surface area contributed by atoms with Gasteiger partial charge in [-0.3, -0.25) is 4.79 Å². The maximum absolute atomic E-state index is 12.7. The van der Waals surface area contributed by atoms with Gasteiger partial charge in [0.1, 0.15) is 0 Å². The average Bonchev–Trinajstić information content (AvgIpc) is 2.81. The van der Waals surface area contributed by atoms with Gasteiger partial charge in [-0.15, -0.1) is 12.4 Å². The van der Waals surface area contributed by atoms with E-state index in [1.54, 1.807) is 35.2 Å². The molecule has 0 saturated carbocycles. The van der Waals surface area contributed by atoms with Crippen molar-refractivity contribution in [1.82, 2.24) is 9.21 Å². The second kappa shape index (κ2) is 9.36. The van der Waals surface area contributed by atoms with Crippen LogP contribution in [0.2, 0.25) is 0 Å². The normalized spacial score (nSPS) is 17.7. The Morgan fingerprint density at radius 1 is 1.17 bits per heavy atom. The van der Waals surface area contributed by atoms with E-state index in [9.17, 15) is 13.2 Å². The van der Waals surface area contributed by atoms with Gasteiger partial charge in [0.15, 0.2) is 0 Å². The van der Waals surface area contributed by atoms with Crippen molar-refractivity contribution in [3.8, 4) is 0 Å². The number of amides is 1. The van der Waals surface area contributed by atoms with Gasteiger partial charge in [-0.25, -0.2) is 8.42 Å². The summed E-state index contributed by atoms with van der Waals surface area (Å²) in [6, 6.07) is 7.92. The van der Waals surface area contributed by atoms with Crippen LogP contribution < -0.4 is 5.73 Å². The summed E-state index contributed by atoms with van der Waals surface area (Å²) in [5.74, 6) is -0.0780. The van der Waals surface area contributed by atoms with Gasteiger partial charge in [-0.2, -0.15) is 4.31 Å². The van der Waals surface area contributed by atoms with Gasteiger partial charge in [0.2, 0.25) is 15.9 Å². The van der Waals surface area contributed by atoms with Crippen LogP contribution in [0.15, 0.2) is 35.2 Å². The van der Waals surface area contributed by atoms with Crippen molar-refractivity contribution in [1.29, 1.82) is 0 Å². The van der Waals surface area contributed by atoms with Crippen LogP contribution in [0.25, 0.3) is 0 Å². The quantitative estimate of drug-likeness (QED) is 0.844. The minimum Gasteiger partial charge on any atom is -0.340 e. The van der Waals surface area contributed by atoms with Crippen LogP contribution in [0.5, 0.6) is 0 Å². The summed E-state index contributed by atoms with van der Waals surface area (Å²) >= 11 is 0. The highest BCUT2D eigenvalue weighted by Crippen LogP contribution is 2.17. The van der Waals surface area contributed by atoms with E-state index in [2.05, 4.69) is 0 Å². The first-order valence-electron chi connectivity index (χ1n) is 8.06. The zero-order chi connectivity index (χ0) is 16.9. The Balaban J connectivity index is 0.00000288. The van der Waals surface area contributed by atoms with Crippen molar-refractivity contribution in [2.75, 3.05) is 26.2 Å². The fourth-order valence-electron chi connectivity index (χ4n) is 2.77. The Morgan fingerprint density at radius 3 is 2.46 bits per heavy atom. The molecule has 0 aliphatic carbocycles. The SMILES string of the molecule is CCCC(N)C(=O)N1CCCN(S(=O)(=O)c2ccccc2)CC1.Cl. The van der Waals surface area contributed by atoms with Crippen molar-refractivity contribution in [2.24, 2.45) is 5.73 Å². The monoisotopic (exact) mass is 375 g/mol. The molecule has 1 amide bonds. The maximum Gasteiger partial charge on any atom is 0.243 e. The zero-order valence-electron chi connectivity index (χ0n) is 13.9. The Morgan fingerprint density at radius 2 is 1.83 bits per heavy atom. The number of hydrogen-bond donors (Lipinski definition) is 1. The molecule has 0 aromatic heterocycles. The van der Waals surface area contributed by atoms with Crippen LogP contribution in [0.1, 0.15) is 26.2 Å². The molecule has 1 aliphatic heterocycles. The third-order valence-electron chi connectivity index (χ3n) is 4.06. The summed E-state index contributed by atoms with van der Waals surface area (Å²) in [5.41, 5.74) is 5.90. The smallest absolute Gasteiger partial charge is 0.243 e. The molecule has 1 heterocycles. The first-order valence-corrected chi connectivity index (χ1v) is 9.50. The predicted octanol–water partition coefficient (Wildman–Crippen LogP) is 1.46. The molecule has 1 unspecified atom stereocenters. The first-order chi connectivity index (χ1) is 11.0. The topological polar surface area (TPSA) is 83.7 Å². The molecule has 6 nitrogen and oxygen atoms in total. The number of carbonyl (C=O) groups is 1. The minimum atomic E-state index is -3.50. The van der Waals surface area contributed by atoms with Crippen LogP contribution in [0.4, 0.5) is 0 Å². The molecule has 1 atom stereocenters. The van der Waals surface area contributed by atoms with Gasteiger partial charge >= 0.3 is 0 Å². The van der Waals surface area contributed by atoms with Crippen LogP contribution >= 0.6 is 12.4 Å². The number of carbonyl (C=O) groups excluding carboxylic acids is 1. The molecule has 1 aliphatic rings. The molecule has 0 spiro atoms. The molecule has 1 fully saturated rings. The van der Waals surface area contributed by atoms with Gasteiger partial charge in [0, 0.05) is 26.2 Å². The fourth-order valence-corrected chi connectivity index (χ4v) is 4.26. The number of nitrogens with two attached hydrogens (primary N) is 1. The molecule has 136 valence electrons. The highest BCUT2D eigenvalue weighted by atomic mass is 35.5. The van der Waals surface area contributed by atoms with Crippen LogP contribution in [-0.4, -0.2) is 55.8 Å². The number of hydrogen-bond acceptors (Lipinski definition) is 4. The Kier molecular flexibility index (Phi) is 8.15. The van der Waals surface area contributed by atoms with Crippen LogP contribution in [0, 0.1) is 0 Å². The van der Waals surface area contributed by atoms with Crippen LogP contribution in [-0.2, 0) is 14.8 Å². The molecule has 8 heteroatoms. The molecule has 0 radical (unpaired) electrons. The second-order valence-corrected chi connectivity index (χ2v) is 7.73. The summed E-state index contributed by atoms with van der Waals surface area (Å²) in [7, 11) is -3.50. The van der Waals surface area contributed by atoms with Gasteiger partial charge in [-0.1, -0.05) is 31.5 Å². The van der Waals surface area contributed by atoms with Crippen LogP contribution in [0.3, 0.4) is 0 Å². The second-order valence-electron chi connectivity index (χ2n) is 5.79. The van der Waals surface area contributed by atoms with Gasteiger partial charge in [-0.05, 0) is 25.0 Å². The summed E-state index contributed by atoms with van der Waals surface area (Å²) in [4.78, 5) is 14.3. The predicted molar refractivity (Wildman–Crippen MR) is 96.5 cm³/mol. The summed E-state index contributed by atoms with van der Waals surface area (Å²) in [6.45, 7) is 3.66. The van der Waals surface area contributed by atoms with E-state index in [0.29, 0.717) is 43.9 Å². The number of sulfonamides is 1. The van der Waals surface area contributed by atoms with E-state index in [-0.39, 0.29) is 18.3 Å². The Bertz CT molecular complexity index is 625. The lowest BCUT2D eigenvalue weighted by Gasteiger charge is -2.24. The lowest BCUT2D eigenvalue weighted by molar-refractivity contribution is -0.132. The molecular formula is C16H26ClN3O3S. The van der Waals surface area contributed by atoms with E-state index < -0.39 is 16.1 Å². The van der Waals surface area contributed by atoms with Crippen molar-refractivity contribution in [3.63, 3.8) is 0 Å². The Labute approximate surface area is 150 Å². The van der Waals surface area contributed by atoms with Crippen molar-refractivity contribution >= 4 is 28.3 Å². The standard InChI is InChI=1S/C16H25N3O3S.ClH/c1-2-7-15(17)16(20)18-10-6-11-19(13-12-18)23(21,22)14-8-4-3-5-9-14;/h3-5,8-9,15H,2,6-7,10-13,17H2,1H3;1H. The summed E-state index contributed by atoms with van der Waals surface area (Å²) in [5, 5.41) is 0. The molecule has 0 bridgehead atoms. The van der Waals surface area contributed by atoms with Crippen molar-refractivity contribution in [3.05, 3.63) is 30.3 Å². The van der Waals surface area contributed by atoms with E-state index in [1.165, 1.54) is 4.31 Å². The fraction of sp³-hybridized carbons (Fsp3) is 0.562. The molecule has 1 saturated heterocycles. The summed E-state index contributed by atoms with van der Waals surface area (Å²) < 4.78 is 26.8. The number of rotatable bonds is 5. The zero-order valence-corrected chi connectivity index (χ0v) is 15.6. The summed E-state index contributed by atoms with van der Waals surface area (Å²) in [6.07, 6.45) is 2.13. The van der Waals surface area contributed by atoms with Gasteiger partial charge in [0.25, 0.3) is 0 Å². The maximum atomic E-state index is 12.7. The molecule has 2 N–H and O–H groups in total. The van der Waals surface area contributed by atoms with E-state index >= 15 is 0 Å². The molecule has 2 rings (SSSR count). The van der Waals surface area contributed by atoms with E-state index in [4.69, 9.17) is 5.73 Å². The van der Waals surface area contributed by atoms with E-state index in [0.717, 1.165) is 6.42 Å². The first kappa shape index (κ1) is 20.9. The van der Waals surface area contributed by atoms with Gasteiger partial charge < -0.3 is 10.6 Å². The lowest BCUT2D eigenvalue weighted by Crippen LogP contribution is -2.45. The molecule has 24 heavy (non-hydrogen) atoms. The van der Waals surface area contributed by atoms with Crippen molar-refractivity contribution in [2.45, 2.75) is 37.1 Å². The molecule has 1 aromatic rings. The van der Waals surface area contributed by atoms with Gasteiger partial charge in [0.05, 0.1) is 10.9 Å².